The third-order valence-corrected chi connectivity index (χ3v) is 5.95. The van der Waals surface area contributed by atoms with E-state index in [9.17, 15) is 9.59 Å². The van der Waals surface area contributed by atoms with Crippen molar-refractivity contribution < 1.29 is 33.1 Å². The second-order valence-electron chi connectivity index (χ2n) is 11.9. The molecule has 1 heterocycles. The Morgan fingerprint density at radius 3 is 2.34 bits per heavy atom. The van der Waals surface area contributed by atoms with Crippen LogP contribution < -0.4 is 4.74 Å². The van der Waals surface area contributed by atoms with Crippen LogP contribution in [0.25, 0.3) is 16.5 Å². The molecule has 0 fully saturated rings. The third-order valence-electron chi connectivity index (χ3n) is 5.95. The number of para-hydroxylation sites is 1. The van der Waals surface area contributed by atoms with E-state index in [1.807, 2.05) is 49.4 Å². The molecule has 8 heteroatoms. The van der Waals surface area contributed by atoms with E-state index in [0.29, 0.717) is 12.4 Å². The van der Waals surface area contributed by atoms with E-state index in [-0.39, 0.29) is 6.54 Å². The zero-order chi connectivity index (χ0) is 30.2. The van der Waals surface area contributed by atoms with Crippen LogP contribution in [0.3, 0.4) is 0 Å². The Morgan fingerprint density at radius 2 is 1.66 bits per heavy atom. The second-order valence-corrected chi connectivity index (χ2v) is 11.9. The van der Waals surface area contributed by atoms with Gasteiger partial charge in [-0.15, -0.1) is 5.06 Å². The average Bonchev–Trinajstić information content (AvgIpc) is 3.23. The molecule has 2 aromatic carbocycles. The summed E-state index contributed by atoms with van der Waals surface area (Å²) in [6, 6.07) is 15.7. The summed E-state index contributed by atoms with van der Waals surface area (Å²) in [4.78, 5) is 30.3. The molecule has 0 aliphatic rings. The molecule has 0 atom stereocenters. The summed E-state index contributed by atoms with van der Waals surface area (Å²) in [7, 11) is 0. The number of ether oxygens (including phenoxy) is 3. The molecule has 1 amide bonds. The van der Waals surface area contributed by atoms with Gasteiger partial charge in [0.1, 0.15) is 34.9 Å². The van der Waals surface area contributed by atoms with E-state index in [1.54, 1.807) is 47.6 Å². The van der Waals surface area contributed by atoms with Crippen LogP contribution in [-0.4, -0.2) is 35.1 Å². The number of carbonyl (C=O) groups is 2. The van der Waals surface area contributed by atoms with Gasteiger partial charge >= 0.3 is 12.2 Å². The number of hydroxylamine groups is 2. The van der Waals surface area contributed by atoms with E-state index >= 15 is 0 Å². The minimum Gasteiger partial charge on any atom is -0.489 e. The summed E-state index contributed by atoms with van der Waals surface area (Å²) < 4.78 is 23.0. The number of amides is 1. The van der Waals surface area contributed by atoms with Gasteiger partial charge in [-0.3, -0.25) is 4.84 Å². The monoisotopic (exact) mass is 565 g/mol. The molecule has 0 saturated heterocycles. The van der Waals surface area contributed by atoms with Crippen LogP contribution in [0, 0.1) is 0 Å². The number of benzene rings is 2. The fourth-order valence-corrected chi connectivity index (χ4v) is 3.99. The summed E-state index contributed by atoms with van der Waals surface area (Å²) >= 11 is 0. The highest BCUT2D eigenvalue weighted by Gasteiger charge is 2.27. The predicted molar refractivity (Wildman–Crippen MR) is 160 cm³/mol. The topological polar surface area (TPSA) is 87.4 Å². The first kappa shape index (κ1) is 31.6. The van der Waals surface area contributed by atoms with Crippen molar-refractivity contribution in [2.75, 3.05) is 6.54 Å². The van der Waals surface area contributed by atoms with Crippen LogP contribution in [0.15, 0.2) is 59.0 Å². The maximum Gasteiger partial charge on any atom is 0.534 e. The molecule has 0 aliphatic heterocycles. The van der Waals surface area contributed by atoms with Crippen molar-refractivity contribution in [3.8, 4) is 5.75 Å². The number of hydrogen-bond donors (Lipinski definition) is 0. The van der Waals surface area contributed by atoms with Crippen molar-refractivity contribution in [1.29, 1.82) is 0 Å². The molecule has 3 aromatic rings. The van der Waals surface area contributed by atoms with E-state index in [4.69, 9.17) is 23.5 Å². The van der Waals surface area contributed by atoms with Gasteiger partial charge in [-0.2, -0.15) is 0 Å². The van der Waals surface area contributed by atoms with Gasteiger partial charge in [0, 0.05) is 17.4 Å². The Morgan fingerprint density at radius 1 is 0.951 bits per heavy atom. The first-order valence-corrected chi connectivity index (χ1v) is 14.1. The number of furan rings is 1. The van der Waals surface area contributed by atoms with Gasteiger partial charge in [0.2, 0.25) is 0 Å². The van der Waals surface area contributed by atoms with Crippen LogP contribution in [-0.2, 0) is 27.3 Å². The van der Waals surface area contributed by atoms with E-state index < -0.39 is 23.5 Å². The molecular weight excluding hydrogens is 522 g/mol. The molecule has 0 saturated carbocycles. The Balaban J connectivity index is 1.75. The summed E-state index contributed by atoms with van der Waals surface area (Å²) in [5, 5.41) is 1.92. The first-order valence-electron chi connectivity index (χ1n) is 14.1. The fourth-order valence-electron chi connectivity index (χ4n) is 3.99. The standard InChI is InChI=1S/C33H43NO7/c1-9-10-17-29-27(26-16-11-12-18-28(26)38-29)22-37-25-15-13-14-24(21-25)23(2)19-20-34(30(35)39-32(3,4)5)41-31(36)40-33(6,7)8/h11-16,18-19,21H,9-10,17,20,22H2,1-8H3/b23-19+. The number of carbonyl (C=O) groups excluding carboxylic acids is 2. The molecule has 8 nitrogen and oxygen atoms in total. The Hall–Kier alpha value is -3.94. The Labute approximate surface area is 243 Å². The molecule has 3 rings (SSSR count). The van der Waals surface area contributed by atoms with Gasteiger partial charge < -0.3 is 18.6 Å². The molecule has 41 heavy (non-hydrogen) atoms. The summed E-state index contributed by atoms with van der Waals surface area (Å²) in [6.07, 6.45) is 2.99. The highest BCUT2D eigenvalue weighted by Crippen LogP contribution is 2.29. The van der Waals surface area contributed by atoms with Crippen LogP contribution in [0.1, 0.15) is 85.1 Å². The molecule has 1 aromatic heterocycles. The lowest BCUT2D eigenvalue weighted by Gasteiger charge is -2.26. The van der Waals surface area contributed by atoms with Gasteiger partial charge in [-0.05, 0) is 84.2 Å². The van der Waals surface area contributed by atoms with Gasteiger partial charge in [0.25, 0.3) is 0 Å². The summed E-state index contributed by atoms with van der Waals surface area (Å²) in [6.45, 7) is 14.8. The van der Waals surface area contributed by atoms with Crippen molar-refractivity contribution in [2.45, 2.75) is 92.5 Å². The van der Waals surface area contributed by atoms with E-state index in [0.717, 1.165) is 57.8 Å². The zero-order valence-electron chi connectivity index (χ0n) is 25.5. The maximum absolute atomic E-state index is 12.8. The van der Waals surface area contributed by atoms with E-state index in [1.165, 1.54) is 0 Å². The molecule has 0 aliphatic carbocycles. The van der Waals surface area contributed by atoms with Crippen LogP contribution in [0.4, 0.5) is 9.59 Å². The SMILES string of the molecule is CCCCc1oc2ccccc2c1COc1cccc(/C(C)=C/CN(OC(=O)OC(C)(C)C)C(=O)OC(C)(C)C)c1. The zero-order valence-corrected chi connectivity index (χ0v) is 25.5. The van der Waals surface area contributed by atoms with Crippen molar-refractivity contribution in [2.24, 2.45) is 0 Å². The van der Waals surface area contributed by atoms with Crippen molar-refractivity contribution >= 4 is 28.8 Å². The molecule has 222 valence electrons. The van der Waals surface area contributed by atoms with Gasteiger partial charge in [-0.1, -0.05) is 49.8 Å². The average molecular weight is 566 g/mol. The molecule has 0 radical (unpaired) electrons. The fraction of sp³-hybridized carbons (Fsp3) is 0.455. The van der Waals surface area contributed by atoms with Crippen LogP contribution in [0.2, 0.25) is 0 Å². The highest BCUT2D eigenvalue weighted by molar-refractivity contribution is 5.82. The predicted octanol–water partition coefficient (Wildman–Crippen LogP) is 8.86. The molecule has 0 spiro atoms. The number of unbranched alkanes of at least 4 members (excludes halogenated alkanes) is 1. The lowest BCUT2D eigenvalue weighted by molar-refractivity contribution is -0.130. The largest absolute Gasteiger partial charge is 0.534 e. The van der Waals surface area contributed by atoms with Gasteiger partial charge in [0.15, 0.2) is 0 Å². The van der Waals surface area contributed by atoms with Crippen LogP contribution in [0.5, 0.6) is 5.75 Å². The van der Waals surface area contributed by atoms with E-state index in [2.05, 4.69) is 13.0 Å². The minimum absolute atomic E-state index is 0.0348. The normalized spacial score (nSPS) is 12.2. The molecular formula is C33H43NO7. The number of rotatable bonds is 9. The van der Waals surface area contributed by atoms with Crippen molar-refractivity contribution in [3.63, 3.8) is 0 Å². The Bertz CT molecular complexity index is 1360. The lowest BCUT2D eigenvalue weighted by atomic mass is 10.1. The number of fused-ring (bicyclic) bond motifs is 1. The third kappa shape index (κ3) is 9.88. The number of allylic oxidation sites excluding steroid dienone is 1. The van der Waals surface area contributed by atoms with Gasteiger partial charge in [0.05, 0.1) is 6.54 Å². The lowest BCUT2D eigenvalue weighted by Crippen LogP contribution is -2.39. The second kappa shape index (κ2) is 13.6. The number of aryl methyl sites for hydroxylation is 1. The smallest absolute Gasteiger partial charge is 0.489 e. The molecule has 0 N–H and O–H groups in total. The summed E-state index contributed by atoms with van der Waals surface area (Å²) in [5.41, 5.74) is 2.14. The Kier molecular flexibility index (Phi) is 10.5. The molecule has 0 bridgehead atoms. The van der Waals surface area contributed by atoms with Crippen molar-refractivity contribution in [3.05, 3.63) is 71.5 Å². The van der Waals surface area contributed by atoms with Gasteiger partial charge in [-0.25, -0.2) is 9.59 Å². The maximum atomic E-state index is 12.8. The highest BCUT2D eigenvalue weighted by atomic mass is 16.8. The quantitative estimate of drug-likeness (QED) is 0.189. The number of hydrogen-bond acceptors (Lipinski definition) is 7. The van der Waals surface area contributed by atoms with Crippen molar-refractivity contribution in [1.82, 2.24) is 5.06 Å². The minimum atomic E-state index is -0.991. The van der Waals surface area contributed by atoms with Crippen LogP contribution >= 0.6 is 0 Å². The first-order chi connectivity index (χ1) is 19.3. The number of nitrogens with zero attached hydrogens (tertiary/aromatic N) is 1. The summed E-state index contributed by atoms with van der Waals surface area (Å²) in [5.74, 6) is 1.67. The molecule has 0 unspecified atom stereocenters.